The standard InChI is InChI=1S/C20H17F3N4O/c1-12(19(24)28)13-3-8-17(16(9-13)18-10-27(2)11-25-18)26-15-6-4-14(5-7-15)20(21,22)23/h3-11,26H,1H2,2H3,(H2,24,28). The van der Waals surface area contributed by atoms with Crippen LogP contribution in [0.1, 0.15) is 11.1 Å². The maximum Gasteiger partial charge on any atom is 0.416 e. The molecule has 3 rings (SSSR count). The number of nitrogens with two attached hydrogens (primary N) is 1. The molecule has 0 radical (unpaired) electrons. The summed E-state index contributed by atoms with van der Waals surface area (Å²) in [4.78, 5) is 15.7. The molecular weight excluding hydrogens is 369 g/mol. The lowest BCUT2D eigenvalue weighted by Gasteiger charge is -2.14. The van der Waals surface area contributed by atoms with Crippen LogP contribution in [-0.2, 0) is 18.0 Å². The Morgan fingerprint density at radius 1 is 1.18 bits per heavy atom. The summed E-state index contributed by atoms with van der Waals surface area (Å²) in [6, 6.07) is 9.78. The summed E-state index contributed by atoms with van der Waals surface area (Å²) < 4.78 is 40.0. The summed E-state index contributed by atoms with van der Waals surface area (Å²) in [5, 5.41) is 3.09. The van der Waals surface area contributed by atoms with Gasteiger partial charge in [0.1, 0.15) is 0 Å². The van der Waals surface area contributed by atoms with Crippen molar-refractivity contribution in [2.24, 2.45) is 12.8 Å². The number of amides is 1. The van der Waals surface area contributed by atoms with Crippen molar-refractivity contribution in [2.45, 2.75) is 6.18 Å². The van der Waals surface area contributed by atoms with Gasteiger partial charge in [0.25, 0.3) is 0 Å². The number of benzene rings is 2. The highest BCUT2D eigenvalue weighted by atomic mass is 19.4. The minimum Gasteiger partial charge on any atom is -0.366 e. The van der Waals surface area contributed by atoms with Crippen molar-refractivity contribution >= 4 is 22.9 Å². The van der Waals surface area contributed by atoms with Gasteiger partial charge >= 0.3 is 6.18 Å². The van der Waals surface area contributed by atoms with Crippen molar-refractivity contribution < 1.29 is 18.0 Å². The van der Waals surface area contributed by atoms with Gasteiger partial charge in [0, 0.05) is 35.8 Å². The van der Waals surface area contributed by atoms with E-state index in [4.69, 9.17) is 5.73 Å². The second-order valence-electron chi connectivity index (χ2n) is 6.23. The number of alkyl halides is 3. The largest absolute Gasteiger partial charge is 0.416 e. The van der Waals surface area contributed by atoms with E-state index in [2.05, 4.69) is 16.9 Å². The molecule has 3 aromatic rings. The first-order chi connectivity index (χ1) is 13.1. The van der Waals surface area contributed by atoms with Crippen LogP contribution in [0.4, 0.5) is 24.5 Å². The topological polar surface area (TPSA) is 72.9 Å². The van der Waals surface area contributed by atoms with Crippen LogP contribution in [0.15, 0.2) is 61.6 Å². The number of nitrogens with zero attached hydrogens (tertiary/aromatic N) is 2. The normalized spacial score (nSPS) is 11.3. The van der Waals surface area contributed by atoms with E-state index in [1.807, 2.05) is 7.05 Å². The highest BCUT2D eigenvalue weighted by molar-refractivity contribution is 6.18. The number of aryl methyl sites for hydroxylation is 1. The molecule has 144 valence electrons. The van der Waals surface area contributed by atoms with E-state index in [0.717, 1.165) is 12.1 Å². The average Bonchev–Trinajstić information content (AvgIpc) is 3.07. The number of primary amides is 1. The molecule has 0 unspecified atom stereocenters. The molecule has 28 heavy (non-hydrogen) atoms. The van der Waals surface area contributed by atoms with Crippen molar-refractivity contribution in [1.82, 2.24) is 9.55 Å². The second kappa shape index (κ2) is 7.22. The summed E-state index contributed by atoms with van der Waals surface area (Å²) in [5.74, 6) is -0.643. The van der Waals surface area contributed by atoms with E-state index in [1.54, 1.807) is 35.3 Å². The first-order valence-corrected chi connectivity index (χ1v) is 8.21. The number of nitrogens with one attached hydrogen (secondary N) is 1. The summed E-state index contributed by atoms with van der Waals surface area (Å²) >= 11 is 0. The highest BCUT2D eigenvalue weighted by Gasteiger charge is 2.30. The van der Waals surface area contributed by atoms with E-state index in [1.165, 1.54) is 12.1 Å². The predicted octanol–water partition coefficient (Wildman–Crippen LogP) is 4.35. The Balaban J connectivity index is 2.00. The van der Waals surface area contributed by atoms with Gasteiger partial charge in [-0.15, -0.1) is 0 Å². The van der Waals surface area contributed by atoms with Crippen LogP contribution in [0.5, 0.6) is 0 Å². The van der Waals surface area contributed by atoms with Gasteiger partial charge in [0.05, 0.1) is 17.6 Å². The molecule has 2 aromatic carbocycles. The molecule has 0 bridgehead atoms. The molecule has 3 N–H and O–H groups in total. The fourth-order valence-electron chi connectivity index (χ4n) is 2.65. The summed E-state index contributed by atoms with van der Waals surface area (Å²) in [7, 11) is 1.81. The molecule has 1 aromatic heterocycles. The fourth-order valence-corrected chi connectivity index (χ4v) is 2.65. The zero-order valence-electron chi connectivity index (χ0n) is 14.9. The van der Waals surface area contributed by atoms with Crippen LogP contribution in [0.3, 0.4) is 0 Å². The Bertz CT molecular complexity index is 1040. The third kappa shape index (κ3) is 4.06. The minimum atomic E-state index is -4.39. The molecule has 0 fully saturated rings. The first kappa shape index (κ1) is 19.2. The maximum absolute atomic E-state index is 12.7. The lowest BCUT2D eigenvalue weighted by molar-refractivity contribution is -0.137. The van der Waals surface area contributed by atoms with Crippen LogP contribution < -0.4 is 11.1 Å². The van der Waals surface area contributed by atoms with Crippen LogP contribution in [-0.4, -0.2) is 15.5 Å². The summed E-state index contributed by atoms with van der Waals surface area (Å²) in [6.07, 6.45) is -0.995. The van der Waals surface area contributed by atoms with Crippen molar-refractivity contribution in [1.29, 1.82) is 0 Å². The molecule has 1 heterocycles. The Hall–Kier alpha value is -3.55. The van der Waals surface area contributed by atoms with Gasteiger partial charge < -0.3 is 15.6 Å². The Labute approximate surface area is 159 Å². The number of rotatable bonds is 5. The van der Waals surface area contributed by atoms with Gasteiger partial charge in [-0.05, 0) is 42.0 Å². The maximum atomic E-state index is 12.7. The minimum absolute atomic E-state index is 0.151. The smallest absolute Gasteiger partial charge is 0.366 e. The molecule has 0 saturated carbocycles. The number of carbonyl (C=O) groups excluding carboxylic acids is 1. The molecule has 0 aliphatic carbocycles. The van der Waals surface area contributed by atoms with Gasteiger partial charge in [-0.25, -0.2) is 4.98 Å². The fraction of sp³-hybridized carbons (Fsp3) is 0.100. The number of aromatic nitrogens is 2. The molecule has 5 nitrogen and oxygen atoms in total. The predicted molar refractivity (Wildman–Crippen MR) is 102 cm³/mol. The summed E-state index contributed by atoms with van der Waals surface area (Å²) in [6.45, 7) is 3.68. The van der Waals surface area contributed by atoms with Gasteiger partial charge in [-0.1, -0.05) is 12.6 Å². The van der Waals surface area contributed by atoms with Crippen molar-refractivity contribution in [3.8, 4) is 11.3 Å². The quantitative estimate of drug-likeness (QED) is 0.641. The molecule has 1 amide bonds. The monoisotopic (exact) mass is 386 g/mol. The number of carbonyl (C=O) groups is 1. The molecule has 0 aliphatic rings. The van der Waals surface area contributed by atoms with E-state index in [0.29, 0.717) is 28.2 Å². The van der Waals surface area contributed by atoms with Gasteiger partial charge in [-0.3, -0.25) is 4.79 Å². The number of hydrogen-bond acceptors (Lipinski definition) is 3. The molecule has 0 atom stereocenters. The van der Waals surface area contributed by atoms with Gasteiger partial charge in [0.2, 0.25) is 5.91 Å². The highest BCUT2D eigenvalue weighted by Crippen LogP contribution is 2.34. The summed E-state index contributed by atoms with van der Waals surface area (Å²) in [5.41, 5.74) is 7.63. The Morgan fingerprint density at radius 2 is 1.86 bits per heavy atom. The molecular formula is C20H17F3N4O. The van der Waals surface area contributed by atoms with E-state index in [9.17, 15) is 18.0 Å². The second-order valence-corrected chi connectivity index (χ2v) is 6.23. The first-order valence-electron chi connectivity index (χ1n) is 8.21. The zero-order chi connectivity index (χ0) is 20.5. The van der Waals surface area contributed by atoms with E-state index >= 15 is 0 Å². The van der Waals surface area contributed by atoms with Crippen LogP contribution in [0, 0.1) is 0 Å². The zero-order valence-corrected chi connectivity index (χ0v) is 14.9. The van der Waals surface area contributed by atoms with E-state index in [-0.39, 0.29) is 5.57 Å². The van der Waals surface area contributed by atoms with Crippen molar-refractivity contribution in [3.05, 3.63) is 72.7 Å². The lowest BCUT2D eigenvalue weighted by atomic mass is 10.0. The Morgan fingerprint density at radius 3 is 2.39 bits per heavy atom. The van der Waals surface area contributed by atoms with Gasteiger partial charge in [-0.2, -0.15) is 13.2 Å². The van der Waals surface area contributed by atoms with Gasteiger partial charge in [0.15, 0.2) is 0 Å². The number of hydrogen-bond donors (Lipinski definition) is 2. The molecule has 0 aliphatic heterocycles. The number of anilines is 2. The van der Waals surface area contributed by atoms with Crippen LogP contribution in [0.25, 0.3) is 16.8 Å². The van der Waals surface area contributed by atoms with E-state index < -0.39 is 17.6 Å². The Kier molecular flexibility index (Phi) is 4.96. The lowest BCUT2D eigenvalue weighted by Crippen LogP contribution is -2.12. The third-order valence-corrected chi connectivity index (χ3v) is 4.14. The van der Waals surface area contributed by atoms with Crippen molar-refractivity contribution in [2.75, 3.05) is 5.32 Å². The van der Waals surface area contributed by atoms with Crippen molar-refractivity contribution in [3.63, 3.8) is 0 Å². The number of halogens is 3. The number of imidazole rings is 1. The molecule has 8 heteroatoms. The molecule has 0 saturated heterocycles. The third-order valence-electron chi connectivity index (χ3n) is 4.14. The van der Waals surface area contributed by atoms with Crippen LogP contribution >= 0.6 is 0 Å². The van der Waals surface area contributed by atoms with Crippen LogP contribution in [0.2, 0.25) is 0 Å². The SMILES string of the molecule is C=C(C(N)=O)c1ccc(Nc2ccc(C(F)(F)F)cc2)c(-c2cn(C)cn2)c1. The molecule has 0 spiro atoms. The average molecular weight is 386 g/mol.